The molecule has 2 aliphatic heterocycles. The first-order chi connectivity index (χ1) is 6.57. The first-order valence-corrected chi connectivity index (χ1v) is 4.62. The van der Waals surface area contributed by atoms with E-state index >= 15 is 0 Å². The van der Waals surface area contributed by atoms with Gasteiger partial charge in [-0.05, 0) is 12.5 Å². The van der Waals surface area contributed by atoms with Gasteiger partial charge in [-0.3, -0.25) is 4.79 Å². The molecule has 4 nitrogen and oxygen atoms in total. The van der Waals surface area contributed by atoms with Crippen LogP contribution in [0.15, 0.2) is 12.2 Å². The molecule has 0 aromatic carbocycles. The van der Waals surface area contributed by atoms with Gasteiger partial charge in [0.15, 0.2) is 4.87 Å². The number of rotatable bonds is 1. The van der Waals surface area contributed by atoms with Crippen LogP contribution in [-0.4, -0.2) is 30.0 Å². The lowest BCUT2D eigenvalue weighted by molar-refractivity contribution is -0.168. The van der Waals surface area contributed by atoms with Gasteiger partial charge in [-0.2, -0.15) is 0 Å². The first kappa shape index (κ1) is 9.52. The zero-order valence-corrected chi connectivity index (χ0v) is 8.28. The Kier molecular flexibility index (Phi) is 2.03. The summed E-state index contributed by atoms with van der Waals surface area (Å²) in [4.78, 5) is 21.4. The lowest BCUT2D eigenvalue weighted by atomic mass is 9.81. The lowest BCUT2D eigenvalue weighted by Gasteiger charge is -2.39. The monoisotopic (exact) mass is 216 g/mol. The van der Waals surface area contributed by atoms with E-state index in [0.717, 1.165) is 0 Å². The summed E-state index contributed by atoms with van der Waals surface area (Å²) in [5, 5.41) is 0. The van der Waals surface area contributed by atoms with Crippen LogP contribution in [0.5, 0.6) is 0 Å². The molecule has 14 heavy (non-hydrogen) atoms. The lowest BCUT2D eigenvalue weighted by Crippen LogP contribution is -2.52. The molecule has 0 aromatic heterocycles. The molecule has 0 radical (unpaired) electrons. The standard InChI is InChI=1S/C9H9ClO4/c1-13-7(11)5-4-9(10)3-2-6(5)14-8(9)12/h2-3,5-6H,4H2,1H3/t5-,6-,9-/m1/s1. The molecule has 3 atom stereocenters. The van der Waals surface area contributed by atoms with E-state index in [1.54, 1.807) is 12.2 Å². The van der Waals surface area contributed by atoms with Gasteiger partial charge in [0.25, 0.3) is 0 Å². The summed E-state index contributed by atoms with van der Waals surface area (Å²) in [6.07, 6.45) is 2.96. The second kappa shape index (κ2) is 2.98. The molecule has 1 fully saturated rings. The van der Waals surface area contributed by atoms with Crippen LogP contribution < -0.4 is 0 Å². The van der Waals surface area contributed by atoms with Crippen molar-refractivity contribution in [2.24, 2.45) is 5.92 Å². The van der Waals surface area contributed by atoms with E-state index in [2.05, 4.69) is 4.74 Å². The number of hydrogen-bond acceptors (Lipinski definition) is 4. The summed E-state index contributed by atoms with van der Waals surface area (Å²) < 4.78 is 9.57. The summed E-state index contributed by atoms with van der Waals surface area (Å²) in [5.41, 5.74) is 0. The smallest absolute Gasteiger partial charge is 0.331 e. The molecule has 1 aliphatic carbocycles. The van der Waals surface area contributed by atoms with Crippen LogP contribution in [0, 0.1) is 5.92 Å². The zero-order chi connectivity index (χ0) is 10.3. The van der Waals surface area contributed by atoms with Gasteiger partial charge < -0.3 is 9.47 Å². The summed E-state index contributed by atoms with van der Waals surface area (Å²) in [7, 11) is 1.30. The van der Waals surface area contributed by atoms with E-state index in [9.17, 15) is 9.59 Å². The molecule has 76 valence electrons. The van der Waals surface area contributed by atoms with Crippen LogP contribution in [0.2, 0.25) is 0 Å². The topological polar surface area (TPSA) is 52.6 Å². The highest BCUT2D eigenvalue weighted by atomic mass is 35.5. The fourth-order valence-electron chi connectivity index (χ4n) is 1.75. The number of esters is 2. The Morgan fingerprint density at radius 2 is 2.50 bits per heavy atom. The van der Waals surface area contributed by atoms with E-state index < -0.39 is 28.8 Å². The first-order valence-electron chi connectivity index (χ1n) is 4.24. The summed E-state index contributed by atoms with van der Waals surface area (Å²) in [6.45, 7) is 0. The van der Waals surface area contributed by atoms with E-state index in [1.165, 1.54) is 7.11 Å². The molecule has 0 N–H and O–H groups in total. The van der Waals surface area contributed by atoms with Gasteiger partial charge in [0.05, 0.1) is 7.11 Å². The van der Waals surface area contributed by atoms with Crippen LogP contribution in [0.1, 0.15) is 6.42 Å². The number of ether oxygens (including phenoxy) is 2. The zero-order valence-electron chi connectivity index (χ0n) is 7.53. The molecule has 3 rings (SSSR count). The van der Waals surface area contributed by atoms with Crippen molar-refractivity contribution in [1.82, 2.24) is 0 Å². The second-order valence-electron chi connectivity index (χ2n) is 3.43. The normalized spacial score (nSPS) is 39.4. The minimum absolute atomic E-state index is 0.251. The van der Waals surface area contributed by atoms with Crippen molar-refractivity contribution in [2.45, 2.75) is 17.4 Å². The molecule has 0 aromatic rings. The summed E-state index contributed by atoms with van der Waals surface area (Å²) in [6, 6.07) is 0. The minimum Gasteiger partial charge on any atom is -0.469 e. The van der Waals surface area contributed by atoms with Crippen molar-refractivity contribution < 1.29 is 19.1 Å². The molecule has 2 heterocycles. The minimum atomic E-state index is -1.17. The SMILES string of the molecule is COC(=O)[C@@H]1C[C@]2(Cl)C=C[C@H]1OC2=O. The molecule has 3 aliphatic rings. The second-order valence-corrected chi connectivity index (χ2v) is 4.10. The van der Waals surface area contributed by atoms with Crippen molar-refractivity contribution >= 4 is 23.5 Å². The third-order valence-corrected chi connectivity index (χ3v) is 2.98. The molecule has 0 amide bonds. The van der Waals surface area contributed by atoms with Gasteiger partial charge in [-0.1, -0.05) is 6.08 Å². The van der Waals surface area contributed by atoms with Gasteiger partial charge in [0, 0.05) is 0 Å². The van der Waals surface area contributed by atoms with Crippen molar-refractivity contribution in [3.05, 3.63) is 12.2 Å². The number of carbonyl (C=O) groups excluding carboxylic acids is 2. The maximum absolute atomic E-state index is 11.3. The average molecular weight is 217 g/mol. The van der Waals surface area contributed by atoms with Crippen LogP contribution in [0.25, 0.3) is 0 Å². The quantitative estimate of drug-likeness (QED) is 0.367. The predicted octanol–water partition coefficient (Wildman–Crippen LogP) is 0.638. The Morgan fingerprint density at radius 3 is 3.00 bits per heavy atom. The highest BCUT2D eigenvalue weighted by Gasteiger charge is 2.52. The molecule has 5 heteroatoms. The molecular weight excluding hydrogens is 208 g/mol. The Labute approximate surface area is 85.8 Å². The maximum atomic E-state index is 11.3. The molecule has 0 unspecified atom stereocenters. The molecule has 0 saturated carbocycles. The third-order valence-electron chi connectivity index (χ3n) is 2.55. The van der Waals surface area contributed by atoms with Gasteiger partial charge in [-0.25, -0.2) is 4.79 Å². The summed E-state index contributed by atoms with van der Waals surface area (Å²) >= 11 is 5.97. The maximum Gasteiger partial charge on any atom is 0.331 e. The van der Waals surface area contributed by atoms with Gasteiger partial charge in [0.2, 0.25) is 0 Å². The van der Waals surface area contributed by atoms with Crippen molar-refractivity contribution in [3.63, 3.8) is 0 Å². The van der Waals surface area contributed by atoms with Gasteiger partial charge in [0.1, 0.15) is 12.0 Å². The molecule has 0 spiro atoms. The number of carbonyl (C=O) groups is 2. The Bertz CT molecular complexity index is 325. The highest BCUT2D eigenvalue weighted by molar-refractivity contribution is 6.36. The van der Waals surface area contributed by atoms with Crippen LogP contribution >= 0.6 is 11.6 Å². The number of fused-ring (bicyclic) bond motifs is 2. The van der Waals surface area contributed by atoms with E-state index in [0.29, 0.717) is 0 Å². The van der Waals surface area contributed by atoms with E-state index in [1.807, 2.05) is 0 Å². The molecular formula is C9H9ClO4. The number of alkyl halides is 1. The van der Waals surface area contributed by atoms with Crippen molar-refractivity contribution in [1.29, 1.82) is 0 Å². The van der Waals surface area contributed by atoms with Gasteiger partial charge >= 0.3 is 11.9 Å². The predicted molar refractivity (Wildman–Crippen MR) is 47.7 cm³/mol. The third kappa shape index (κ3) is 1.21. The van der Waals surface area contributed by atoms with Crippen LogP contribution in [0.3, 0.4) is 0 Å². The van der Waals surface area contributed by atoms with Crippen molar-refractivity contribution in [3.8, 4) is 0 Å². The van der Waals surface area contributed by atoms with Gasteiger partial charge in [-0.15, -0.1) is 11.6 Å². The van der Waals surface area contributed by atoms with E-state index in [-0.39, 0.29) is 6.42 Å². The molecule has 1 saturated heterocycles. The largest absolute Gasteiger partial charge is 0.469 e. The van der Waals surface area contributed by atoms with E-state index in [4.69, 9.17) is 16.3 Å². The van der Waals surface area contributed by atoms with Crippen LogP contribution in [0.4, 0.5) is 0 Å². The highest BCUT2D eigenvalue weighted by Crippen LogP contribution is 2.41. The number of methoxy groups -OCH3 is 1. The fourth-order valence-corrected chi connectivity index (χ4v) is 2.03. The summed E-state index contributed by atoms with van der Waals surface area (Å²) in [5.74, 6) is -1.34. The number of halogens is 1. The Morgan fingerprint density at radius 1 is 1.79 bits per heavy atom. The Balaban J connectivity index is 2.27. The number of hydrogen-bond donors (Lipinski definition) is 0. The Hall–Kier alpha value is -1.03. The molecule has 2 bridgehead atoms. The average Bonchev–Trinajstić information content (AvgIpc) is 2.18. The fraction of sp³-hybridized carbons (Fsp3) is 0.556. The van der Waals surface area contributed by atoms with Crippen molar-refractivity contribution in [2.75, 3.05) is 7.11 Å². The van der Waals surface area contributed by atoms with Crippen LogP contribution in [-0.2, 0) is 19.1 Å².